The zero-order valence-electron chi connectivity index (χ0n) is 9.39. The number of hydrogen-bond donors (Lipinski definition) is 0. The van der Waals surface area contributed by atoms with Gasteiger partial charge in [-0.15, -0.1) is 0 Å². The van der Waals surface area contributed by atoms with Crippen LogP contribution in [0.3, 0.4) is 0 Å². The summed E-state index contributed by atoms with van der Waals surface area (Å²) in [4.78, 5) is 20.2. The van der Waals surface area contributed by atoms with Crippen LogP contribution in [-0.2, 0) is 18.6 Å². The maximum atomic E-state index is 10.1. The molecule has 6 nitrogen and oxygen atoms in total. The third-order valence-electron chi connectivity index (χ3n) is 1.49. The molecular weight excluding hydrogens is 245 g/mol. The molecule has 0 saturated carbocycles. The number of rotatable bonds is 3. The third kappa shape index (κ3) is 8.71. The van der Waals surface area contributed by atoms with Crippen LogP contribution < -0.4 is 68.9 Å². The van der Waals surface area contributed by atoms with Crippen LogP contribution in [0, 0.1) is 0 Å². The summed E-state index contributed by atoms with van der Waals surface area (Å²) in [6.07, 6.45) is -0.494. The van der Waals surface area contributed by atoms with Crippen LogP contribution in [0.5, 0.6) is 0 Å². The minimum absolute atomic E-state index is 0. The van der Waals surface area contributed by atoms with E-state index in [4.69, 9.17) is 9.47 Å². The van der Waals surface area contributed by atoms with E-state index in [0.29, 0.717) is 0 Å². The largest absolute Gasteiger partial charge is 1.00 e. The Morgan fingerprint density at radius 3 is 2.33 bits per heavy atom. The summed E-state index contributed by atoms with van der Waals surface area (Å²) in [7, 11) is -4.90. The molecule has 0 aromatic heterocycles. The monoisotopic (exact) mass is 256 g/mol. The van der Waals surface area contributed by atoms with E-state index in [1.165, 1.54) is 0 Å². The second kappa shape index (κ2) is 7.46. The van der Waals surface area contributed by atoms with Crippen molar-refractivity contribution in [1.82, 2.24) is 0 Å². The van der Waals surface area contributed by atoms with Crippen LogP contribution in [0.4, 0.5) is 0 Å². The van der Waals surface area contributed by atoms with Gasteiger partial charge in [-0.1, -0.05) is 0 Å². The molecule has 0 spiro atoms. The Morgan fingerprint density at radius 1 is 1.47 bits per heavy atom. The molecule has 0 N–H and O–H groups in total. The first-order chi connectivity index (χ1) is 5.79. The van der Waals surface area contributed by atoms with Gasteiger partial charge in [0.2, 0.25) is 0 Å². The van der Waals surface area contributed by atoms with Gasteiger partial charge in [-0.2, -0.15) is 0 Å². The molecule has 9 heteroatoms. The predicted octanol–water partition coefficient (Wildman–Crippen LogP) is -7.01. The second-order valence-electron chi connectivity index (χ2n) is 3.19. The first-order valence-corrected chi connectivity index (χ1v) is 5.23. The van der Waals surface area contributed by atoms with Gasteiger partial charge in [0.15, 0.2) is 5.79 Å². The molecule has 0 aromatic carbocycles. The van der Waals surface area contributed by atoms with Crippen molar-refractivity contribution in [3.05, 3.63) is 0 Å². The number of phosphoric acid groups is 1. The Morgan fingerprint density at radius 2 is 2.00 bits per heavy atom. The van der Waals surface area contributed by atoms with Crippen LogP contribution in [0.2, 0.25) is 0 Å². The zero-order chi connectivity index (χ0) is 10.1. The van der Waals surface area contributed by atoms with Gasteiger partial charge < -0.3 is 28.3 Å². The van der Waals surface area contributed by atoms with Gasteiger partial charge in [-0.3, -0.25) is 0 Å². The molecule has 0 radical (unpaired) electrons. The third-order valence-corrected chi connectivity index (χ3v) is 1.95. The summed E-state index contributed by atoms with van der Waals surface area (Å²) in [6.45, 7) is 3.34. The number of phosphoric ester groups is 1. The fourth-order valence-electron chi connectivity index (χ4n) is 1.02. The van der Waals surface area contributed by atoms with E-state index in [0.717, 1.165) is 0 Å². The topological polar surface area (TPSA) is 90.9 Å². The molecule has 1 aliphatic rings. The Labute approximate surface area is 133 Å². The van der Waals surface area contributed by atoms with Crippen LogP contribution in [0.15, 0.2) is 0 Å². The van der Waals surface area contributed by atoms with Gasteiger partial charge in [0.1, 0.15) is 6.10 Å². The first-order valence-electron chi connectivity index (χ1n) is 3.77. The van der Waals surface area contributed by atoms with Crippen molar-refractivity contribution in [2.45, 2.75) is 25.7 Å². The summed E-state index contributed by atoms with van der Waals surface area (Å²) in [5, 5.41) is 0. The first kappa shape index (κ1) is 19.4. The van der Waals surface area contributed by atoms with Crippen molar-refractivity contribution in [2.24, 2.45) is 0 Å². The molecule has 0 aromatic rings. The van der Waals surface area contributed by atoms with E-state index in [1.807, 2.05) is 0 Å². The molecule has 0 amide bonds. The van der Waals surface area contributed by atoms with Gasteiger partial charge in [0.25, 0.3) is 0 Å². The van der Waals surface area contributed by atoms with Crippen LogP contribution in [-0.4, -0.2) is 25.1 Å². The van der Waals surface area contributed by atoms with Crippen molar-refractivity contribution >= 4 is 7.82 Å². The van der Waals surface area contributed by atoms with E-state index in [1.54, 1.807) is 13.8 Å². The molecule has 1 atom stereocenters. The van der Waals surface area contributed by atoms with Crippen LogP contribution >= 0.6 is 7.82 Å². The Balaban J connectivity index is 0. The Bertz CT molecular complexity index is 230. The number of hydrogen-bond acceptors (Lipinski definition) is 6. The van der Waals surface area contributed by atoms with Crippen LogP contribution in [0.25, 0.3) is 0 Å². The van der Waals surface area contributed by atoms with Gasteiger partial charge in [0, 0.05) is 0 Å². The smallest absolute Gasteiger partial charge is 0.790 e. The van der Waals surface area contributed by atoms with Crippen molar-refractivity contribution < 1.29 is 87.5 Å². The molecular formula is C6H11Na2O6P. The minimum Gasteiger partial charge on any atom is -0.790 e. The fraction of sp³-hybridized carbons (Fsp3) is 1.00. The molecule has 1 rings (SSSR count). The molecule has 0 bridgehead atoms. The van der Waals surface area contributed by atoms with Crippen LogP contribution in [0.1, 0.15) is 13.8 Å². The Hall–Kier alpha value is 2.03. The summed E-state index contributed by atoms with van der Waals surface area (Å²) in [6, 6.07) is 0. The zero-order valence-corrected chi connectivity index (χ0v) is 14.3. The molecule has 78 valence electrons. The summed E-state index contributed by atoms with van der Waals surface area (Å²) in [5.74, 6) is -0.732. The molecule has 1 fully saturated rings. The predicted molar refractivity (Wildman–Crippen MR) is 38.5 cm³/mol. The van der Waals surface area contributed by atoms with Gasteiger partial charge in [-0.05, 0) is 13.8 Å². The van der Waals surface area contributed by atoms with E-state index < -0.39 is 19.7 Å². The molecule has 1 aliphatic heterocycles. The quantitative estimate of drug-likeness (QED) is 0.368. The average Bonchev–Trinajstić information content (AvgIpc) is 2.24. The molecule has 15 heavy (non-hydrogen) atoms. The molecule has 0 aliphatic carbocycles. The fourth-order valence-corrected chi connectivity index (χ4v) is 1.37. The SMILES string of the molecule is CC1(C)OCC(COP(=O)([O-])[O-])O1.[Na+].[Na+]. The number of ether oxygens (including phenoxy) is 2. The van der Waals surface area contributed by atoms with Gasteiger partial charge in [-0.25, -0.2) is 0 Å². The Kier molecular flexibility index (Phi) is 9.64. The van der Waals surface area contributed by atoms with E-state index in [-0.39, 0.29) is 72.3 Å². The molecule has 1 saturated heterocycles. The van der Waals surface area contributed by atoms with Gasteiger partial charge >= 0.3 is 59.1 Å². The van der Waals surface area contributed by atoms with Crippen molar-refractivity contribution in [3.8, 4) is 0 Å². The summed E-state index contributed by atoms with van der Waals surface area (Å²) >= 11 is 0. The van der Waals surface area contributed by atoms with E-state index in [2.05, 4.69) is 4.52 Å². The molecule has 1 heterocycles. The van der Waals surface area contributed by atoms with E-state index >= 15 is 0 Å². The normalized spacial score (nSPS) is 24.1. The summed E-state index contributed by atoms with van der Waals surface area (Å²) < 4.78 is 24.5. The maximum absolute atomic E-state index is 10.1. The van der Waals surface area contributed by atoms with Crippen molar-refractivity contribution in [1.29, 1.82) is 0 Å². The van der Waals surface area contributed by atoms with Crippen molar-refractivity contribution in [3.63, 3.8) is 0 Å². The standard InChI is InChI=1S/C6H13O6P.2Na/c1-6(2)10-3-5(12-6)4-11-13(7,8)9;;/h5H,3-4H2,1-2H3,(H2,7,8,9);;/q;2*+1/p-2. The van der Waals surface area contributed by atoms with Crippen molar-refractivity contribution in [2.75, 3.05) is 13.2 Å². The molecule has 1 unspecified atom stereocenters. The van der Waals surface area contributed by atoms with Gasteiger partial charge in [0.05, 0.1) is 21.0 Å². The van der Waals surface area contributed by atoms with E-state index in [9.17, 15) is 14.4 Å². The second-order valence-corrected chi connectivity index (χ2v) is 4.35. The summed E-state index contributed by atoms with van der Waals surface area (Å²) in [5.41, 5.74) is 0. The minimum atomic E-state index is -4.90. The maximum Gasteiger partial charge on any atom is 1.00 e. The average molecular weight is 256 g/mol.